The number of benzene rings is 10. The molecular formula is C54H33NO2. The first-order valence-electron chi connectivity index (χ1n) is 19.4. The van der Waals surface area contributed by atoms with E-state index in [1.54, 1.807) is 0 Å². The van der Waals surface area contributed by atoms with Crippen LogP contribution in [0.25, 0.3) is 98.4 Å². The normalized spacial score (nSPS) is 11.9. The summed E-state index contributed by atoms with van der Waals surface area (Å²) in [5.74, 6) is 0. The summed E-state index contributed by atoms with van der Waals surface area (Å²) in [6, 6.07) is 71.5. The third-order valence-corrected chi connectivity index (χ3v) is 11.6. The summed E-state index contributed by atoms with van der Waals surface area (Å²) >= 11 is 0. The van der Waals surface area contributed by atoms with Gasteiger partial charge in [-0.05, 0) is 109 Å². The van der Waals surface area contributed by atoms with E-state index in [1.165, 1.54) is 37.9 Å². The molecule has 0 fully saturated rings. The molecule has 0 bridgehead atoms. The number of nitrogens with zero attached hydrogens (tertiary/aromatic N) is 1. The van der Waals surface area contributed by atoms with E-state index in [0.29, 0.717) is 0 Å². The zero-order valence-corrected chi connectivity index (χ0v) is 30.8. The molecule has 0 atom stereocenters. The molecule has 0 radical (unpaired) electrons. The number of para-hydroxylation sites is 2. The summed E-state index contributed by atoms with van der Waals surface area (Å²) in [5, 5.41) is 11.7. The van der Waals surface area contributed by atoms with Gasteiger partial charge in [-0.2, -0.15) is 0 Å². The maximum atomic E-state index is 6.98. The monoisotopic (exact) mass is 727 g/mol. The Morgan fingerprint density at radius 1 is 0.316 bits per heavy atom. The Balaban J connectivity index is 1.11. The average molecular weight is 728 g/mol. The Bertz CT molecular complexity index is 3530. The minimum Gasteiger partial charge on any atom is -0.456 e. The zero-order valence-electron chi connectivity index (χ0n) is 30.8. The molecule has 266 valence electrons. The lowest BCUT2D eigenvalue weighted by molar-refractivity contribution is 0.668. The molecule has 10 aromatic carbocycles. The van der Waals surface area contributed by atoms with Crippen molar-refractivity contribution in [3.8, 4) is 22.3 Å². The maximum Gasteiger partial charge on any atom is 0.160 e. The average Bonchev–Trinajstić information content (AvgIpc) is 3.86. The first-order valence-corrected chi connectivity index (χ1v) is 19.4. The van der Waals surface area contributed by atoms with Gasteiger partial charge in [-0.1, -0.05) is 146 Å². The largest absolute Gasteiger partial charge is 0.456 e. The highest BCUT2D eigenvalue weighted by Gasteiger charge is 2.25. The van der Waals surface area contributed by atoms with Crippen molar-refractivity contribution in [2.45, 2.75) is 0 Å². The van der Waals surface area contributed by atoms with Crippen LogP contribution in [0.3, 0.4) is 0 Å². The molecule has 0 aliphatic heterocycles. The Kier molecular flexibility index (Phi) is 6.93. The van der Waals surface area contributed by atoms with E-state index in [0.717, 1.165) is 77.6 Å². The van der Waals surface area contributed by atoms with Crippen molar-refractivity contribution in [1.29, 1.82) is 0 Å². The lowest BCUT2D eigenvalue weighted by Crippen LogP contribution is -2.10. The number of fused-ring (bicyclic) bond motifs is 10. The highest BCUT2D eigenvalue weighted by atomic mass is 16.3. The third kappa shape index (κ3) is 4.99. The fourth-order valence-electron chi connectivity index (χ4n) is 8.92. The van der Waals surface area contributed by atoms with Gasteiger partial charge in [0.05, 0.1) is 16.8 Å². The Morgan fingerprint density at radius 2 is 0.912 bits per heavy atom. The number of anilines is 3. The summed E-state index contributed by atoms with van der Waals surface area (Å²) in [7, 11) is 0. The van der Waals surface area contributed by atoms with E-state index >= 15 is 0 Å². The van der Waals surface area contributed by atoms with Crippen LogP contribution in [0.1, 0.15) is 0 Å². The van der Waals surface area contributed by atoms with Crippen LogP contribution >= 0.6 is 0 Å². The number of furan rings is 2. The quantitative estimate of drug-likeness (QED) is 0.165. The second-order valence-electron chi connectivity index (χ2n) is 14.8. The zero-order chi connectivity index (χ0) is 37.5. The minimum atomic E-state index is 0.829. The molecule has 0 saturated carbocycles. The van der Waals surface area contributed by atoms with Crippen LogP contribution < -0.4 is 4.90 Å². The number of rotatable bonds is 5. The Morgan fingerprint density at radius 3 is 1.74 bits per heavy atom. The molecule has 57 heavy (non-hydrogen) atoms. The molecule has 0 amide bonds. The molecule has 0 N–H and O–H groups in total. The minimum absolute atomic E-state index is 0.829. The molecule has 0 aliphatic rings. The summed E-state index contributed by atoms with van der Waals surface area (Å²) in [4.78, 5) is 2.34. The first-order chi connectivity index (χ1) is 28.2. The molecule has 0 unspecified atom stereocenters. The standard InChI is InChI=1S/C54H33NO2/c1-2-12-38-32-39(24-20-34(38)10-1)35-26-28-41(29-27-35)55(47-16-9-19-51-53(47)45-15-6-7-17-49(45)56-51)48-31-30-43(52-44-14-5-8-18-50(44)57-54(48)52)40-25-23-37-22-21-36-11-3-4-13-42(36)46(37)33-40/h1-33H. The van der Waals surface area contributed by atoms with Crippen LogP contribution in [0.4, 0.5) is 17.1 Å². The van der Waals surface area contributed by atoms with E-state index in [9.17, 15) is 0 Å². The highest BCUT2D eigenvalue weighted by molar-refractivity contribution is 6.20. The summed E-state index contributed by atoms with van der Waals surface area (Å²) in [6.07, 6.45) is 0. The summed E-state index contributed by atoms with van der Waals surface area (Å²) in [6.45, 7) is 0. The van der Waals surface area contributed by atoms with E-state index < -0.39 is 0 Å². The van der Waals surface area contributed by atoms with Gasteiger partial charge < -0.3 is 13.7 Å². The van der Waals surface area contributed by atoms with Crippen molar-refractivity contribution in [1.82, 2.24) is 0 Å². The van der Waals surface area contributed by atoms with E-state index in [1.807, 2.05) is 18.2 Å². The second kappa shape index (κ2) is 12.5. The second-order valence-corrected chi connectivity index (χ2v) is 14.8. The van der Waals surface area contributed by atoms with Crippen LogP contribution in [0.2, 0.25) is 0 Å². The van der Waals surface area contributed by atoms with E-state index in [2.05, 4.69) is 187 Å². The maximum absolute atomic E-state index is 6.98. The first kappa shape index (κ1) is 31.7. The Hall–Kier alpha value is -7.62. The molecule has 3 heteroatoms. The van der Waals surface area contributed by atoms with Gasteiger partial charge in [0, 0.05) is 21.8 Å². The van der Waals surface area contributed by atoms with Crippen LogP contribution in [-0.2, 0) is 0 Å². The van der Waals surface area contributed by atoms with Crippen molar-refractivity contribution in [2.75, 3.05) is 4.90 Å². The third-order valence-electron chi connectivity index (χ3n) is 11.6. The molecule has 0 spiro atoms. The SMILES string of the molecule is c1ccc2cc(-c3ccc(N(c4ccc(-c5ccc6ccc7ccccc7c6c5)c5c4oc4ccccc45)c4cccc5oc6ccccc6c45)cc3)ccc2c1. The fourth-order valence-corrected chi connectivity index (χ4v) is 8.92. The van der Waals surface area contributed by atoms with Crippen LogP contribution in [-0.4, -0.2) is 0 Å². The lowest BCUT2D eigenvalue weighted by atomic mass is 9.94. The van der Waals surface area contributed by atoms with Gasteiger partial charge in [-0.3, -0.25) is 0 Å². The van der Waals surface area contributed by atoms with Gasteiger partial charge in [-0.25, -0.2) is 0 Å². The predicted octanol–water partition coefficient (Wildman–Crippen LogP) is 15.7. The van der Waals surface area contributed by atoms with Gasteiger partial charge in [0.1, 0.15) is 16.7 Å². The van der Waals surface area contributed by atoms with Gasteiger partial charge >= 0.3 is 0 Å². The molecule has 12 aromatic rings. The summed E-state index contributed by atoms with van der Waals surface area (Å²) in [5.41, 5.74) is 11.0. The topological polar surface area (TPSA) is 29.5 Å². The van der Waals surface area contributed by atoms with Gasteiger partial charge in [0.25, 0.3) is 0 Å². The lowest BCUT2D eigenvalue weighted by Gasteiger charge is -2.27. The van der Waals surface area contributed by atoms with Gasteiger partial charge in [-0.15, -0.1) is 0 Å². The number of hydrogen-bond donors (Lipinski definition) is 0. The summed E-state index contributed by atoms with van der Waals surface area (Å²) < 4.78 is 13.4. The van der Waals surface area contributed by atoms with Crippen molar-refractivity contribution in [2.24, 2.45) is 0 Å². The van der Waals surface area contributed by atoms with Crippen molar-refractivity contribution in [3.63, 3.8) is 0 Å². The highest BCUT2D eigenvalue weighted by Crippen LogP contribution is 2.49. The molecule has 12 rings (SSSR count). The van der Waals surface area contributed by atoms with Crippen molar-refractivity contribution < 1.29 is 8.83 Å². The van der Waals surface area contributed by atoms with Crippen LogP contribution in [0.5, 0.6) is 0 Å². The Labute approximate surface area is 328 Å². The molecule has 3 nitrogen and oxygen atoms in total. The molecule has 0 aliphatic carbocycles. The molecule has 2 aromatic heterocycles. The molecule has 0 saturated heterocycles. The smallest absolute Gasteiger partial charge is 0.160 e. The van der Waals surface area contributed by atoms with Crippen molar-refractivity contribution in [3.05, 3.63) is 200 Å². The van der Waals surface area contributed by atoms with E-state index in [4.69, 9.17) is 8.83 Å². The van der Waals surface area contributed by atoms with Gasteiger partial charge in [0.2, 0.25) is 0 Å². The fraction of sp³-hybridized carbons (Fsp3) is 0. The molecule has 2 heterocycles. The van der Waals surface area contributed by atoms with Crippen LogP contribution in [0.15, 0.2) is 209 Å². The predicted molar refractivity (Wildman–Crippen MR) is 239 cm³/mol. The van der Waals surface area contributed by atoms with Crippen LogP contribution in [0, 0.1) is 0 Å². The molecular weight excluding hydrogens is 695 g/mol. The van der Waals surface area contributed by atoms with Gasteiger partial charge in [0.15, 0.2) is 5.58 Å². The van der Waals surface area contributed by atoms with E-state index in [-0.39, 0.29) is 0 Å². The number of hydrogen-bond acceptors (Lipinski definition) is 3. The van der Waals surface area contributed by atoms with Crippen molar-refractivity contribution >= 4 is 93.3 Å².